The Morgan fingerprint density at radius 3 is 2.87 bits per heavy atom. The van der Waals surface area contributed by atoms with Crippen molar-refractivity contribution < 1.29 is 9.84 Å². The highest BCUT2D eigenvalue weighted by molar-refractivity contribution is 9.10. The number of hydrogen-bond donors (Lipinski definition) is 2. The number of aliphatic hydroxyl groups excluding tert-OH is 1. The Balaban J connectivity index is 2.85. The lowest BCUT2D eigenvalue weighted by molar-refractivity contribution is 0.171. The molecule has 0 heterocycles. The predicted octanol–water partition coefficient (Wildman–Crippen LogP) is 2.10. The van der Waals surface area contributed by atoms with Gasteiger partial charge in [0.2, 0.25) is 0 Å². The molecule has 0 aliphatic carbocycles. The molecule has 0 saturated heterocycles. The van der Waals surface area contributed by atoms with E-state index in [9.17, 15) is 5.11 Å². The summed E-state index contributed by atoms with van der Waals surface area (Å²) >= 11 is 3.37. The van der Waals surface area contributed by atoms with Gasteiger partial charge in [0, 0.05) is 16.6 Å². The van der Waals surface area contributed by atoms with Gasteiger partial charge in [-0.1, -0.05) is 22.9 Å². The van der Waals surface area contributed by atoms with Crippen LogP contribution in [0.3, 0.4) is 0 Å². The highest BCUT2D eigenvalue weighted by Crippen LogP contribution is 2.28. The van der Waals surface area contributed by atoms with E-state index in [1.165, 1.54) is 0 Å². The normalized spacial score (nSPS) is 12.5. The van der Waals surface area contributed by atoms with E-state index in [-0.39, 0.29) is 0 Å². The number of rotatable bonds is 5. The van der Waals surface area contributed by atoms with E-state index in [1.54, 1.807) is 7.11 Å². The lowest BCUT2D eigenvalue weighted by Gasteiger charge is -2.15. The van der Waals surface area contributed by atoms with Crippen molar-refractivity contribution in [1.29, 1.82) is 0 Å². The first-order chi connectivity index (χ1) is 7.19. The molecule has 1 aromatic carbocycles. The number of hydrogen-bond acceptors (Lipinski definition) is 3. The zero-order valence-electron chi connectivity index (χ0n) is 8.96. The third-order valence-corrected chi connectivity index (χ3v) is 2.63. The second-order valence-electron chi connectivity index (χ2n) is 3.21. The van der Waals surface area contributed by atoms with Gasteiger partial charge in [0.05, 0.1) is 13.2 Å². The molecule has 15 heavy (non-hydrogen) atoms. The first-order valence-electron chi connectivity index (χ1n) is 4.91. The average molecular weight is 274 g/mol. The molecule has 0 spiro atoms. The molecule has 84 valence electrons. The SMILES string of the molecule is CCNCC(O)c1cc(Br)ccc1OC. The van der Waals surface area contributed by atoms with Crippen molar-refractivity contribution in [3.63, 3.8) is 0 Å². The molecule has 0 aliphatic rings. The van der Waals surface area contributed by atoms with Crippen molar-refractivity contribution in [3.05, 3.63) is 28.2 Å². The minimum atomic E-state index is -0.544. The number of methoxy groups -OCH3 is 1. The van der Waals surface area contributed by atoms with Crippen LogP contribution >= 0.6 is 15.9 Å². The maximum absolute atomic E-state index is 9.92. The van der Waals surface area contributed by atoms with Gasteiger partial charge in [-0.25, -0.2) is 0 Å². The van der Waals surface area contributed by atoms with Gasteiger partial charge in [-0.3, -0.25) is 0 Å². The second kappa shape index (κ2) is 6.10. The molecule has 1 atom stereocenters. The summed E-state index contributed by atoms with van der Waals surface area (Å²) in [6.07, 6.45) is -0.544. The maximum atomic E-state index is 9.92. The second-order valence-corrected chi connectivity index (χ2v) is 4.13. The van der Waals surface area contributed by atoms with Gasteiger partial charge in [-0.05, 0) is 24.7 Å². The van der Waals surface area contributed by atoms with E-state index in [4.69, 9.17) is 4.74 Å². The summed E-state index contributed by atoms with van der Waals surface area (Å²) in [6, 6.07) is 5.61. The monoisotopic (exact) mass is 273 g/mol. The van der Waals surface area contributed by atoms with E-state index in [2.05, 4.69) is 21.2 Å². The highest BCUT2D eigenvalue weighted by atomic mass is 79.9. The van der Waals surface area contributed by atoms with Crippen molar-refractivity contribution in [1.82, 2.24) is 5.32 Å². The third kappa shape index (κ3) is 3.48. The van der Waals surface area contributed by atoms with Gasteiger partial charge in [0.15, 0.2) is 0 Å². The van der Waals surface area contributed by atoms with Crippen LogP contribution in [-0.4, -0.2) is 25.3 Å². The van der Waals surface area contributed by atoms with Gasteiger partial charge in [0.1, 0.15) is 5.75 Å². The summed E-state index contributed by atoms with van der Waals surface area (Å²) in [4.78, 5) is 0. The van der Waals surface area contributed by atoms with Gasteiger partial charge in [-0.2, -0.15) is 0 Å². The van der Waals surface area contributed by atoms with E-state index < -0.39 is 6.10 Å². The van der Waals surface area contributed by atoms with E-state index >= 15 is 0 Å². The van der Waals surface area contributed by atoms with Crippen LogP contribution in [0.4, 0.5) is 0 Å². The minimum Gasteiger partial charge on any atom is -0.496 e. The largest absolute Gasteiger partial charge is 0.496 e. The van der Waals surface area contributed by atoms with Crippen LogP contribution in [0.25, 0.3) is 0 Å². The Bertz CT molecular complexity index is 317. The predicted molar refractivity (Wildman–Crippen MR) is 64.2 cm³/mol. The summed E-state index contributed by atoms with van der Waals surface area (Å²) in [5.74, 6) is 0.712. The van der Waals surface area contributed by atoms with Crippen molar-refractivity contribution in [2.24, 2.45) is 0 Å². The standard InChI is InChI=1S/C11H16BrNO2/c1-3-13-7-10(14)9-6-8(12)4-5-11(9)15-2/h4-6,10,13-14H,3,7H2,1-2H3. The fraction of sp³-hybridized carbons (Fsp3) is 0.455. The Morgan fingerprint density at radius 2 is 2.27 bits per heavy atom. The van der Waals surface area contributed by atoms with E-state index in [1.807, 2.05) is 25.1 Å². The molecule has 3 nitrogen and oxygen atoms in total. The van der Waals surface area contributed by atoms with Gasteiger partial charge < -0.3 is 15.2 Å². The van der Waals surface area contributed by atoms with Gasteiger partial charge >= 0.3 is 0 Å². The lowest BCUT2D eigenvalue weighted by atomic mass is 10.1. The Kier molecular flexibility index (Phi) is 5.08. The van der Waals surface area contributed by atoms with Crippen molar-refractivity contribution >= 4 is 15.9 Å². The fourth-order valence-corrected chi connectivity index (χ4v) is 1.74. The molecule has 1 aromatic rings. The molecule has 0 bridgehead atoms. The zero-order chi connectivity index (χ0) is 11.3. The number of ether oxygens (including phenoxy) is 1. The number of nitrogens with one attached hydrogen (secondary N) is 1. The Labute approximate surface area is 98.6 Å². The summed E-state index contributed by atoms with van der Waals surface area (Å²) < 4.78 is 6.13. The average Bonchev–Trinajstić information content (AvgIpc) is 2.25. The van der Waals surface area contributed by atoms with Crippen LogP contribution in [-0.2, 0) is 0 Å². The third-order valence-electron chi connectivity index (χ3n) is 2.14. The molecule has 1 rings (SSSR count). The zero-order valence-corrected chi connectivity index (χ0v) is 10.5. The first kappa shape index (κ1) is 12.5. The molecule has 2 N–H and O–H groups in total. The van der Waals surface area contributed by atoms with E-state index in [0.29, 0.717) is 12.3 Å². The minimum absolute atomic E-state index is 0.531. The van der Waals surface area contributed by atoms with Crippen LogP contribution in [0.2, 0.25) is 0 Å². The van der Waals surface area contributed by atoms with Crippen LogP contribution < -0.4 is 10.1 Å². The topological polar surface area (TPSA) is 41.5 Å². The molecule has 0 amide bonds. The molecule has 0 aromatic heterocycles. The Hall–Kier alpha value is -0.580. The molecular formula is C11H16BrNO2. The van der Waals surface area contributed by atoms with Crippen LogP contribution in [0.5, 0.6) is 5.75 Å². The molecule has 0 radical (unpaired) electrons. The van der Waals surface area contributed by atoms with Gasteiger partial charge in [0.25, 0.3) is 0 Å². The number of aliphatic hydroxyl groups is 1. The lowest BCUT2D eigenvalue weighted by Crippen LogP contribution is -2.21. The van der Waals surface area contributed by atoms with Crippen LogP contribution in [0.1, 0.15) is 18.6 Å². The highest BCUT2D eigenvalue weighted by Gasteiger charge is 2.12. The van der Waals surface area contributed by atoms with E-state index in [0.717, 1.165) is 16.6 Å². The summed E-state index contributed by atoms with van der Waals surface area (Å²) in [5, 5.41) is 13.0. The number of likely N-dealkylation sites (N-methyl/N-ethyl adjacent to an activating group) is 1. The number of benzene rings is 1. The summed E-state index contributed by atoms with van der Waals surface area (Å²) in [5.41, 5.74) is 0.799. The molecule has 0 saturated carbocycles. The van der Waals surface area contributed by atoms with Crippen molar-refractivity contribution in [3.8, 4) is 5.75 Å². The van der Waals surface area contributed by atoms with Gasteiger partial charge in [-0.15, -0.1) is 0 Å². The first-order valence-corrected chi connectivity index (χ1v) is 5.70. The van der Waals surface area contributed by atoms with Crippen LogP contribution in [0.15, 0.2) is 22.7 Å². The Morgan fingerprint density at radius 1 is 1.53 bits per heavy atom. The molecule has 0 aliphatic heterocycles. The quantitative estimate of drug-likeness (QED) is 0.864. The number of halogens is 1. The molecular weight excluding hydrogens is 258 g/mol. The summed E-state index contributed by atoms with van der Waals surface area (Å²) in [7, 11) is 1.60. The maximum Gasteiger partial charge on any atom is 0.124 e. The molecule has 4 heteroatoms. The smallest absolute Gasteiger partial charge is 0.124 e. The van der Waals surface area contributed by atoms with Crippen molar-refractivity contribution in [2.75, 3.05) is 20.2 Å². The van der Waals surface area contributed by atoms with Crippen LogP contribution in [0, 0.1) is 0 Å². The molecule has 1 unspecified atom stereocenters. The van der Waals surface area contributed by atoms with Crippen molar-refractivity contribution in [2.45, 2.75) is 13.0 Å². The summed E-state index contributed by atoms with van der Waals surface area (Å²) in [6.45, 7) is 3.38. The fourth-order valence-electron chi connectivity index (χ4n) is 1.36. The molecule has 0 fully saturated rings.